The largest absolute Gasteiger partial charge is 0.352 e. The lowest BCUT2D eigenvalue weighted by atomic mass is 9.90. The molecule has 104 valence electrons. The van der Waals surface area contributed by atoms with Crippen LogP contribution in [0, 0.1) is 11.3 Å². The van der Waals surface area contributed by atoms with Gasteiger partial charge in [0.25, 0.3) is 0 Å². The van der Waals surface area contributed by atoms with Crippen LogP contribution in [-0.4, -0.2) is 36.0 Å². The molecular weight excluding hydrogens is 224 g/mol. The van der Waals surface area contributed by atoms with Gasteiger partial charge in [0, 0.05) is 30.6 Å². The molecule has 1 heterocycles. The van der Waals surface area contributed by atoms with Gasteiger partial charge in [-0.2, -0.15) is 0 Å². The molecule has 0 bridgehead atoms. The third-order valence-corrected chi connectivity index (χ3v) is 4.22. The minimum absolute atomic E-state index is 0.194. The lowest BCUT2D eigenvalue weighted by Crippen LogP contribution is -2.53. The molecule has 1 aliphatic carbocycles. The third-order valence-electron chi connectivity index (χ3n) is 4.22. The van der Waals surface area contributed by atoms with E-state index in [1.807, 2.05) is 20.8 Å². The number of amides is 1. The van der Waals surface area contributed by atoms with E-state index < -0.39 is 0 Å². The third kappa shape index (κ3) is 3.47. The van der Waals surface area contributed by atoms with E-state index in [1.165, 1.54) is 25.8 Å². The van der Waals surface area contributed by atoms with Crippen molar-refractivity contribution < 1.29 is 4.79 Å². The van der Waals surface area contributed by atoms with E-state index in [0.29, 0.717) is 6.04 Å². The predicted molar refractivity (Wildman–Crippen MR) is 74.4 cm³/mol. The number of hydrogen-bond acceptors (Lipinski definition) is 2. The highest BCUT2D eigenvalue weighted by molar-refractivity contribution is 5.81. The predicted octanol–water partition coefficient (Wildman–Crippen LogP) is 2.41. The van der Waals surface area contributed by atoms with Gasteiger partial charge in [0.2, 0.25) is 5.91 Å². The maximum absolute atomic E-state index is 12.1. The van der Waals surface area contributed by atoms with Crippen LogP contribution in [-0.2, 0) is 4.79 Å². The van der Waals surface area contributed by atoms with Gasteiger partial charge in [-0.1, -0.05) is 34.1 Å². The van der Waals surface area contributed by atoms with Crippen LogP contribution in [0.15, 0.2) is 0 Å². The average molecular weight is 252 g/mol. The van der Waals surface area contributed by atoms with Crippen LogP contribution < -0.4 is 5.32 Å². The molecule has 0 aromatic heterocycles. The Kier molecular flexibility index (Phi) is 4.00. The van der Waals surface area contributed by atoms with E-state index in [1.54, 1.807) is 0 Å². The van der Waals surface area contributed by atoms with Gasteiger partial charge in [-0.3, -0.25) is 9.69 Å². The van der Waals surface area contributed by atoms with Gasteiger partial charge >= 0.3 is 0 Å². The highest BCUT2D eigenvalue weighted by atomic mass is 16.2. The van der Waals surface area contributed by atoms with Gasteiger partial charge in [0.1, 0.15) is 0 Å². The van der Waals surface area contributed by atoms with Crippen LogP contribution in [0.2, 0.25) is 0 Å². The summed E-state index contributed by atoms with van der Waals surface area (Å²) >= 11 is 0. The molecule has 1 amide bonds. The van der Waals surface area contributed by atoms with Crippen LogP contribution in [0.3, 0.4) is 0 Å². The van der Waals surface area contributed by atoms with Crippen LogP contribution in [0.25, 0.3) is 0 Å². The van der Waals surface area contributed by atoms with E-state index in [9.17, 15) is 4.79 Å². The molecule has 18 heavy (non-hydrogen) atoms. The Labute approximate surface area is 111 Å². The van der Waals surface area contributed by atoms with Gasteiger partial charge in [-0.25, -0.2) is 0 Å². The minimum atomic E-state index is -0.274. The van der Waals surface area contributed by atoms with Crippen molar-refractivity contribution in [1.29, 1.82) is 0 Å². The molecule has 2 fully saturated rings. The fourth-order valence-electron chi connectivity index (χ4n) is 2.78. The highest BCUT2D eigenvalue weighted by Crippen LogP contribution is 2.32. The summed E-state index contributed by atoms with van der Waals surface area (Å²) in [7, 11) is 0. The van der Waals surface area contributed by atoms with Crippen molar-refractivity contribution in [2.45, 2.75) is 65.5 Å². The summed E-state index contributed by atoms with van der Waals surface area (Å²) in [6, 6.07) is 1.17. The van der Waals surface area contributed by atoms with Gasteiger partial charge in [0.15, 0.2) is 0 Å². The summed E-state index contributed by atoms with van der Waals surface area (Å²) < 4.78 is 0. The fourth-order valence-corrected chi connectivity index (χ4v) is 2.78. The van der Waals surface area contributed by atoms with Crippen LogP contribution >= 0.6 is 0 Å². The summed E-state index contributed by atoms with van der Waals surface area (Å²) in [6.07, 6.45) is 5.10. The fraction of sp³-hybridized carbons (Fsp3) is 0.933. The first kappa shape index (κ1) is 13.9. The zero-order valence-electron chi connectivity index (χ0n) is 12.3. The van der Waals surface area contributed by atoms with Gasteiger partial charge < -0.3 is 5.32 Å². The lowest BCUT2D eigenvalue weighted by Gasteiger charge is -2.39. The number of nitrogens with zero attached hydrogens (tertiary/aromatic N) is 1. The van der Waals surface area contributed by atoms with Crippen LogP contribution in [0.4, 0.5) is 0 Å². The topological polar surface area (TPSA) is 32.3 Å². The molecule has 2 atom stereocenters. The Morgan fingerprint density at radius 1 is 1.28 bits per heavy atom. The summed E-state index contributed by atoms with van der Waals surface area (Å²) in [5, 5.41) is 3.26. The normalized spacial score (nSPS) is 30.2. The van der Waals surface area contributed by atoms with E-state index in [-0.39, 0.29) is 11.3 Å². The van der Waals surface area contributed by atoms with Crippen molar-refractivity contribution in [2.75, 3.05) is 13.1 Å². The zero-order chi connectivity index (χ0) is 13.3. The number of nitrogens with one attached hydrogen (secondary N) is 1. The molecule has 0 aromatic carbocycles. The van der Waals surface area contributed by atoms with Crippen molar-refractivity contribution in [1.82, 2.24) is 10.2 Å². The van der Waals surface area contributed by atoms with E-state index in [4.69, 9.17) is 0 Å². The second-order valence-corrected chi connectivity index (χ2v) is 7.12. The summed E-state index contributed by atoms with van der Waals surface area (Å²) in [6.45, 7) is 10.5. The maximum atomic E-state index is 12.1. The molecule has 2 aliphatic rings. The Hall–Kier alpha value is -0.570. The Balaban J connectivity index is 1.92. The first-order valence-electron chi connectivity index (χ1n) is 7.45. The highest BCUT2D eigenvalue weighted by Gasteiger charge is 2.36. The molecule has 1 saturated carbocycles. The first-order chi connectivity index (χ1) is 8.40. The molecular formula is C15H28N2O. The summed E-state index contributed by atoms with van der Waals surface area (Å²) in [4.78, 5) is 14.7. The molecule has 2 unspecified atom stereocenters. The van der Waals surface area contributed by atoms with Crippen molar-refractivity contribution in [2.24, 2.45) is 11.3 Å². The summed E-state index contributed by atoms with van der Waals surface area (Å²) in [5.41, 5.74) is -0.274. The van der Waals surface area contributed by atoms with E-state index in [0.717, 1.165) is 24.9 Å². The number of hydrogen-bond donors (Lipinski definition) is 1. The van der Waals surface area contributed by atoms with Crippen LogP contribution in [0.5, 0.6) is 0 Å². The molecule has 0 radical (unpaired) electrons. The second kappa shape index (κ2) is 5.20. The zero-order valence-corrected chi connectivity index (χ0v) is 12.3. The molecule has 0 spiro atoms. The maximum Gasteiger partial charge on any atom is 0.225 e. The average Bonchev–Trinajstić information content (AvgIpc) is 3.11. The van der Waals surface area contributed by atoms with Gasteiger partial charge in [0.05, 0.1) is 0 Å². The minimum Gasteiger partial charge on any atom is -0.352 e. The van der Waals surface area contributed by atoms with Gasteiger partial charge in [-0.05, 0) is 25.2 Å². The number of carbonyl (C=O) groups excluding carboxylic acids is 1. The van der Waals surface area contributed by atoms with E-state index >= 15 is 0 Å². The Morgan fingerprint density at radius 3 is 2.44 bits per heavy atom. The monoisotopic (exact) mass is 252 g/mol. The molecule has 1 saturated heterocycles. The van der Waals surface area contributed by atoms with Crippen molar-refractivity contribution in [3.8, 4) is 0 Å². The van der Waals surface area contributed by atoms with Crippen molar-refractivity contribution >= 4 is 5.91 Å². The molecule has 2 rings (SSSR count). The van der Waals surface area contributed by atoms with Crippen molar-refractivity contribution in [3.63, 3.8) is 0 Å². The SMILES string of the molecule is CCC1CC(NC(=O)C(C)(C)C)CN(C2CC2)C1. The smallest absolute Gasteiger partial charge is 0.225 e. The number of likely N-dealkylation sites (tertiary alicyclic amines) is 1. The van der Waals surface area contributed by atoms with E-state index in [2.05, 4.69) is 17.1 Å². The summed E-state index contributed by atoms with van der Waals surface area (Å²) in [5.74, 6) is 0.949. The molecule has 1 N–H and O–H groups in total. The molecule has 3 heteroatoms. The molecule has 0 aromatic rings. The Bertz CT molecular complexity index is 304. The van der Waals surface area contributed by atoms with Crippen molar-refractivity contribution in [3.05, 3.63) is 0 Å². The molecule has 1 aliphatic heterocycles. The Morgan fingerprint density at radius 2 is 1.94 bits per heavy atom. The standard InChI is InChI=1S/C15H28N2O/c1-5-11-8-12(16-14(18)15(2,3)4)10-17(9-11)13-6-7-13/h11-13H,5-10H2,1-4H3,(H,16,18). The first-order valence-corrected chi connectivity index (χ1v) is 7.45. The number of carbonyl (C=O) groups is 1. The second-order valence-electron chi connectivity index (χ2n) is 7.12. The quantitative estimate of drug-likeness (QED) is 0.836. The van der Waals surface area contributed by atoms with Crippen LogP contribution in [0.1, 0.15) is 53.4 Å². The number of piperidine rings is 1. The van der Waals surface area contributed by atoms with Gasteiger partial charge in [-0.15, -0.1) is 0 Å². The molecule has 3 nitrogen and oxygen atoms in total. The lowest BCUT2D eigenvalue weighted by molar-refractivity contribution is -0.129. The number of rotatable bonds is 3.